The predicted octanol–water partition coefficient (Wildman–Crippen LogP) is 0.294. The molecular weight excluding hydrogens is 238 g/mol. The first kappa shape index (κ1) is 11.9. The van der Waals surface area contributed by atoms with Crippen molar-refractivity contribution in [2.75, 3.05) is 11.9 Å². The van der Waals surface area contributed by atoms with Gasteiger partial charge in [0.1, 0.15) is 6.42 Å². The number of hydrogen-bond acceptors (Lipinski definition) is 3. The number of imidazole rings is 1. The average Bonchev–Trinajstić information content (AvgIpc) is 2.65. The first-order valence-corrected chi connectivity index (χ1v) is 5.18. The van der Waals surface area contributed by atoms with Gasteiger partial charge < -0.3 is 20.0 Å². The Balaban J connectivity index is 2.32. The molecule has 7 nitrogen and oxygen atoms in total. The number of aliphatic carboxylic acids is 1. The van der Waals surface area contributed by atoms with Crippen molar-refractivity contribution in [3.63, 3.8) is 0 Å². The van der Waals surface area contributed by atoms with E-state index in [4.69, 9.17) is 5.11 Å². The summed E-state index contributed by atoms with van der Waals surface area (Å²) in [5.41, 5.74) is 1.38. The predicted molar refractivity (Wildman–Crippen MR) is 64.6 cm³/mol. The normalized spacial score (nSPS) is 10.5. The lowest BCUT2D eigenvalue weighted by Gasteiger charge is -2.16. The number of nitrogens with one attached hydrogen (secondary N) is 2. The van der Waals surface area contributed by atoms with Crippen LogP contribution < -0.4 is 10.6 Å². The van der Waals surface area contributed by atoms with Crippen LogP contribution in [-0.2, 0) is 9.59 Å². The van der Waals surface area contributed by atoms with Crippen molar-refractivity contribution in [2.45, 2.75) is 6.42 Å². The molecule has 7 heteroatoms. The van der Waals surface area contributed by atoms with Crippen LogP contribution in [0.1, 0.15) is 6.42 Å². The molecule has 1 heterocycles. The monoisotopic (exact) mass is 249 g/mol. The van der Waals surface area contributed by atoms with Gasteiger partial charge in [-0.2, -0.15) is 0 Å². The molecule has 0 atom stereocenters. The molecule has 2 aromatic rings. The third-order valence-electron chi connectivity index (χ3n) is 2.56. The Morgan fingerprint density at radius 3 is 2.61 bits per heavy atom. The third-order valence-corrected chi connectivity index (χ3v) is 2.56. The summed E-state index contributed by atoms with van der Waals surface area (Å²) in [6.07, 6.45) is -0.571. The number of amides is 1. The van der Waals surface area contributed by atoms with Gasteiger partial charge in [0, 0.05) is 12.7 Å². The largest absolute Gasteiger partial charge is 0.481 e. The summed E-state index contributed by atoms with van der Waals surface area (Å²) in [7, 11) is 1.48. The Morgan fingerprint density at radius 2 is 1.94 bits per heavy atom. The van der Waals surface area contributed by atoms with Crippen molar-refractivity contribution in [3.05, 3.63) is 28.7 Å². The van der Waals surface area contributed by atoms with E-state index in [1.54, 1.807) is 18.2 Å². The number of aromatic nitrogens is 2. The number of benzene rings is 1. The van der Waals surface area contributed by atoms with Crippen molar-refractivity contribution < 1.29 is 14.7 Å². The Hall–Kier alpha value is -2.57. The molecule has 0 saturated heterocycles. The molecule has 18 heavy (non-hydrogen) atoms. The van der Waals surface area contributed by atoms with Crippen molar-refractivity contribution in [1.29, 1.82) is 0 Å². The van der Waals surface area contributed by atoms with Crippen LogP contribution in [0, 0.1) is 0 Å². The number of aromatic amines is 2. The van der Waals surface area contributed by atoms with Crippen LogP contribution in [0.25, 0.3) is 11.0 Å². The fraction of sp³-hybridized carbons (Fsp3) is 0.182. The van der Waals surface area contributed by atoms with E-state index >= 15 is 0 Å². The highest BCUT2D eigenvalue weighted by Crippen LogP contribution is 2.18. The number of carbonyl (C=O) groups excluding carboxylic acids is 1. The Morgan fingerprint density at radius 1 is 1.28 bits per heavy atom. The van der Waals surface area contributed by atoms with E-state index in [0.717, 1.165) is 0 Å². The Labute approximate surface area is 101 Å². The molecule has 1 amide bonds. The second kappa shape index (κ2) is 4.36. The SMILES string of the molecule is CN(C(=O)CC(=O)O)c1ccc2[nH]c(=O)[nH]c2c1. The smallest absolute Gasteiger partial charge is 0.323 e. The zero-order chi connectivity index (χ0) is 13.3. The second-order valence-corrected chi connectivity index (χ2v) is 3.83. The minimum Gasteiger partial charge on any atom is -0.481 e. The maximum absolute atomic E-state index is 11.6. The van der Waals surface area contributed by atoms with Crippen molar-refractivity contribution in [3.8, 4) is 0 Å². The summed E-state index contributed by atoms with van der Waals surface area (Å²) >= 11 is 0. The van der Waals surface area contributed by atoms with E-state index in [1.807, 2.05) is 0 Å². The van der Waals surface area contributed by atoms with Crippen LogP contribution in [0.15, 0.2) is 23.0 Å². The van der Waals surface area contributed by atoms with Crippen molar-refractivity contribution >= 4 is 28.6 Å². The molecule has 0 aliphatic heterocycles. The summed E-state index contributed by atoms with van der Waals surface area (Å²) in [6.45, 7) is 0. The van der Waals surface area contributed by atoms with E-state index in [1.165, 1.54) is 11.9 Å². The molecule has 94 valence electrons. The Kier molecular flexibility index (Phi) is 2.88. The molecule has 0 aliphatic carbocycles. The van der Waals surface area contributed by atoms with E-state index < -0.39 is 18.3 Å². The number of rotatable bonds is 3. The first-order valence-electron chi connectivity index (χ1n) is 5.18. The van der Waals surface area contributed by atoms with E-state index in [0.29, 0.717) is 16.7 Å². The summed E-state index contributed by atoms with van der Waals surface area (Å²) in [5.74, 6) is -1.71. The first-order chi connectivity index (χ1) is 8.47. The molecule has 0 unspecified atom stereocenters. The summed E-state index contributed by atoms with van der Waals surface area (Å²) < 4.78 is 0. The van der Waals surface area contributed by atoms with Gasteiger partial charge in [-0.15, -0.1) is 0 Å². The van der Waals surface area contributed by atoms with Gasteiger partial charge in [0.15, 0.2) is 0 Å². The van der Waals surface area contributed by atoms with Gasteiger partial charge in [0.25, 0.3) is 0 Å². The van der Waals surface area contributed by atoms with Gasteiger partial charge in [-0.25, -0.2) is 4.79 Å². The lowest BCUT2D eigenvalue weighted by Crippen LogP contribution is -2.28. The van der Waals surface area contributed by atoms with Gasteiger partial charge in [0.05, 0.1) is 11.0 Å². The van der Waals surface area contributed by atoms with Crippen molar-refractivity contribution in [2.24, 2.45) is 0 Å². The zero-order valence-electron chi connectivity index (χ0n) is 9.56. The third kappa shape index (κ3) is 2.24. The second-order valence-electron chi connectivity index (χ2n) is 3.83. The van der Waals surface area contributed by atoms with Crippen LogP contribution in [0.4, 0.5) is 5.69 Å². The molecule has 0 aliphatic rings. The fourth-order valence-electron chi connectivity index (χ4n) is 1.62. The molecule has 0 saturated carbocycles. The standard InChI is InChI=1S/C11H11N3O4/c1-14(9(15)5-10(16)17)6-2-3-7-8(4-6)13-11(18)12-7/h2-4H,5H2,1H3,(H,16,17)(H2,12,13,18). The molecule has 2 rings (SSSR count). The van der Waals surface area contributed by atoms with Crippen LogP contribution in [-0.4, -0.2) is 34.0 Å². The van der Waals surface area contributed by atoms with Gasteiger partial charge in [-0.05, 0) is 18.2 Å². The summed E-state index contributed by atoms with van der Waals surface area (Å²) in [6, 6.07) is 4.88. The molecule has 3 N–H and O–H groups in total. The highest BCUT2D eigenvalue weighted by atomic mass is 16.4. The lowest BCUT2D eigenvalue weighted by atomic mass is 10.2. The Bertz CT molecular complexity index is 670. The molecule has 0 radical (unpaired) electrons. The minimum absolute atomic E-state index is 0.332. The number of carboxylic acids is 1. The number of anilines is 1. The van der Waals surface area contributed by atoms with E-state index in [2.05, 4.69) is 9.97 Å². The highest BCUT2D eigenvalue weighted by Gasteiger charge is 2.15. The molecular formula is C11H11N3O4. The van der Waals surface area contributed by atoms with E-state index in [-0.39, 0.29) is 5.69 Å². The number of carboxylic acid groups (broad SMARTS) is 1. The highest BCUT2D eigenvalue weighted by molar-refractivity contribution is 6.03. The number of fused-ring (bicyclic) bond motifs is 1. The molecule has 0 spiro atoms. The maximum Gasteiger partial charge on any atom is 0.323 e. The van der Waals surface area contributed by atoms with Crippen LogP contribution >= 0.6 is 0 Å². The topological polar surface area (TPSA) is 106 Å². The van der Waals surface area contributed by atoms with Gasteiger partial charge in [0.2, 0.25) is 5.91 Å². The zero-order valence-corrected chi connectivity index (χ0v) is 9.56. The van der Waals surface area contributed by atoms with Gasteiger partial charge >= 0.3 is 11.7 Å². The number of carbonyl (C=O) groups is 2. The average molecular weight is 249 g/mol. The molecule has 0 fully saturated rings. The number of H-pyrrole nitrogens is 2. The summed E-state index contributed by atoms with van der Waals surface area (Å²) in [4.78, 5) is 39.5. The maximum atomic E-state index is 11.6. The molecule has 0 bridgehead atoms. The quantitative estimate of drug-likeness (QED) is 0.680. The van der Waals surface area contributed by atoms with Crippen LogP contribution in [0.5, 0.6) is 0 Å². The van der Waals surface area contributed by atoms with Gasteiger partial charge in [-0.1, -0.05) is 0 Å². The fourth-order valence-corrected chi connectivity index (χ4v) is 1.62. The summed E-state index contributed by atoms with van der Waals surface area (Å²) in [5, 5.41) is 8.55. The molecule has 1 aromatic heterocycles. The van der Waals surface area contributed by atoms with Gasteiger partial charge in [-0.3, -0.25) is 9.59 Å². The van der Waals surface area contributed by atoms with Crippen LogP contribution in [0.3, 0.4) is 0 Å². The van der Waals surface area contributed by atoms with Crippen molar-refractivity contribution in [1.82, 2.24) is 9.97 Å². The lowest BCUT2D eigenvalue weighted by molar-refractivity contribution is -0.140. The van der Waals surface area contributed by atoms with E-state index in [9.17, 15) is 14.4 Å². The molecule has 1 aromatic carbocycles. The minimum atomic E-state index is -1.18. The van der Waals surface area contributed by atoms with Crippen LogP contribution in [0.2, 0.25) is 0 Å². The number of nitrogens with zero attached hydrogens (tertiary/aromatic N) is 1. The number of hydrogen-bond donors (Lipinski definition) is 3.